The Morgan fingerprint density at radius 2 is 2.06 bits per heavy atom. The number of hydrogen-bond donors (Lipinski definition) is 1. The first-order valence-electron chi connectivity index (χ1n) is 5.44. The molecule has 1 saturated heterocycles. The third-order valence-corrected chi connectivity index (χ3v) is 4.50. The molecule has 0 aromatic heterocycles. The maximum atomic E-state index is 11.7. The molecule has 0 saturated carbocycles. The molecule has 5 heteroatoms. The van der Waals surface area contributed by atoms with Crippen molar-refractivity contribution in [2.24, 2.45) is 11.8 Å². The van der Waals surface area contributed by atoms with Gasteiger partial charge in [-0.3, -0.25) is 4.79 Å². The smallest absolute Gasteiger partial charge is 0.353 e. The van der Waals surface area contributed by atoms with Crippen molar-refractivity contribution < 1.29 is 14.7 Å². The maximum Gasteiger partial charge on any atom is 0.353 e. The van der Waals surface area contributed by atoms with Crippen molar-refractivity contribution >= 4 is 23.6 Å². The van der Waals surface area contributed by atoms with Gasteiger partial charge in [-0.15, -0.1) is 11.8 Å². The van der Waals surface area contributed by atoms with Gasteiger partial charge in [-0.1, -0.05) is 20.8 Å². The van der Waals surface area contributed by atoms with Gasteiger partial charge in [0.1, 0.15) is 5.70 Å². The summed E-state index contributed by atoms with van der Waals surface area (Å²) in [7, 11) is 0. The van der Waals surface area contributed by atoms with E-state index < -0.39 is 5.97 Å². The number of fused-ring (bicyclic) bond motifs is 1. The molecule has 88 valence electrons. The molecule has 0 bridgehead atoms. The Morgan fingerprint density at radius 1 is 1.44 bits per heavy atom. The minimum atomic E-state index is -0.981. The molecule has 4 nitrogen and oxygen atoms in total. The van der Waals surface area contributed by atoms with Gasteiger partial charge < -0.3 is 10.0 Å². The van der Waals surface area contributed by atoms with Gasteiger partial charge in [0.25, 0.3) is 0 Å². The normalized spacial score (nSPS) is 32.8. The van der Waals surface area contributed by atoms with E-state index in [0.717, 1.165) is 10.7 Å². The van der Waals surface area contributed by atoms with E-state index in [-0.39, 0.29) is 29.5 Å². The summed E-state index contributed by atoms with van der Waals surface area (Å²) in [6, 6.07) is 0.0626. The summed E-state index contributed by atoms with van der Waals surface area (Å²) < 4.78 is 0. The fourth-order valence-electron chi connectivity index (χ4n) is 2.62. The highest BCUT2D eigenvalue weighted by Crippen LogP contribution is 2.49. The van der Waals surface area contributed by atoms with E-state index in [1.807, 2.05) is 20.8 Å². The van der Waals surface area contributed by atoms with Crippen LogP contribution in [0.3, 0.4) is 0 Å². The molecule has 2 rings (SSSR count). The predicted octanol–water partition coefficient (Wildman–Crippen LogP) is 1.53. The van der Waals surface area contributed by atoms with E-state index >= 15 is 0 Å². The van der Waals surface area contributed by atoms with Crippen molar-refractivity contribution in [1.29, 1.82) is 0 Å². The molecule has 1 amide bonds. The lowest BCUT2D eigenvalue weighted by Gasteiger charge is -2.43. The van der Waals surface area contributed by atoms with Crippen LogP contribution in [-0.4, -0.2) is 33.7 Å². The molecule has 2 aliphatic rings. The van der Waals surface area contributed by atoms with E-state index in [4.69, 9.17) is 0 Å². The Labute approximate surface area is 98.7 Å². The second kappa shape index (κ2) is 3.80. The summed E-state index contributed by atoms with van der Waals surface area (Å²) in [5.41, 5.74) is 0.215. The molecule has 3 unspecified atom stereocenters. The van der Waals surface area contributed by atoms with Crippen molar-refractivity contribution in [3.63, 3.8) is 0 Å². The topological polar surface area (TPSA) is 57.6 Å². The second-order valence-electron chi connectivity index (χ2n) is 4.23. The number of nitrogens with zero attached hydrogens (tertiary/aromatic N) is 1. The Bertz CT molecular complexity index is 391. The summed E-state index contributed by atoms with van der Waals surface area (Å²) in [6.45, 7) is 5.87. The average Bonchev–Trinajstić information content (AvgIpc) is 2.50. The number of carbonyl (C=O) groups is 2. The first kappa shape index (κ1) is 11.5. The van der Waals surface area contributed by atoms with Gasteiger partial charge in [0.15, 0.2) is 0 Å². The highest BCUT2D eigenvalue weighted by atomic mass is 32.2. The average molecular weight is 241 g/mol. The molecule has 0 aromatic carbocycles. The third-order valence-electron chi connectivity index (χ3n) is 3.34. The van der Waals surface area contributed by atoms with Gasteiger partial charge >= 0.3 is 5.97 Å². The van der Waals surface area contributed by atoms with Gasteiger partial charge in [0, 0.05) is 10.8 Å². The fraction of sp³-hybridized carbons (Fsp3) is 0.636. The lowest BCUT2D eigenvalue weighted by Crippen LogP contribution is -2.59. The van der Waals surface area contributed by atoms with E-state index in [2.05, 4.69) is 0 Å². The standard InChI is InChI=1S/C11H15NO3S/c1-4-16-9-5(2)7-6(3)10(13)12(7)8(9)11(14)15/h5-7H,4H2,1-3H3,(H,14,15). The van der Waals surface area contributed by atoms with Crippen LogP contribution in [-0.2, 0) is 9.59 Å². The van der Waals surface area contributed by atoms with Crippen LogP contribution in [0.25, 0.3) is 0 Å². The molecule has 1 fully saturated rings. The number of carbonyl (C=O) groups excluding carboxylic acids is 1. The van der Waals surface area contributed by atoms with Gasteiger partial charge in [0.05, 0.1) is 12.0 Å². The van der Waals surface area contributed by atoms with Gasteiger partial charge in [-0.25, -0.2) is 4.79 Å². The van der Waals surface area contributed by atoms with Crippen molar-refractivity contribution in [3.05, 3.63) is 10.6 Å². The first-order chi connectivity index (χ1) is 7.50. The van der Waals surface area contributed by atoms with Crippen LogP contribution in [0.4, 0.5) is 0 Å². The molecule has 1 N–H and O–H groups in total. The number of amides is 1. The summed E-state index contributed by atoms with van der Waals surface area (Å²) >= 11 is 1.54. The molecule has 0 aromatic rings. The monoisotopic (exact) mass is 241 g/mol. The van der Waals surface area contributed by atoms with Crippen LogP contribution < -0.4 is 0 Å². The second-order valence-corrected chi connectivity index (χ2v) is 5.53. The molecule has 3 atom stereocenters. The van der Waals surface area contributed by atoms with Gasteiger partial charge in [0.2, 0.25) is 5.91 Å². The van der Waals surface area contributed by atoms with Crippen LogP contribution in [0, 0.1) is 11.8 Å². The minimum absolute atomic E-state index is 0.0423. The predicted molar refractivity (Wildman–Crippen MR) is 61.8 cm³/mol. The van der Waals surface area contributed by atoms with Crippen molar-refractivity contribution in [2.75, 3.05) is 5.75 Å². The number of carboxylic acids is 1. The zero-order valence-electron chi connectivity index (χ0n) is 9.56. The highest BCUT2D eigenvalue weighted by molar-refractivity contribution is 8.03. The maximum absolute atomic E-state index is 11.7. The lowest BCUT2D eigenvalue weighted by atomic mass is 9.84. The Balaban J connectivity index is 2.39. The summed E-state index contributed by atoms with van der Waals surface area (Å²) in [6.07, 6.45) is 0. The number of thioether (sulfide) groups is 1. The van der Waals surface area contributed by atoms with Crippen LogP contribution in [0.5, 0.6) is 0 Å². The van der Waals surface area contributed by atoms with E-state index in [0.29, 0.717) is 0 Å². The number of rotatable bonds is 3. The Kier molecular flexibility index (Phi) is 2.74. The van der Waals surface area contributed by atoms with Gasteiger partial charge in [-0.2, -0.15) is 0 Å². The number of β-lactam (4-membered cyclic amide) rings is 1. The quantitative estimate of drug-likeness (QED) is 0.761. The van der Waals surface area contributed by atoms with Crippen LogP contribution in [0.2, 0.25) is 0 Å². The summed E-state index contributed by atoms with van der Waals surface area (Å²) in [4.78, 5) is 25.2. The molecule has 2 aliphatic heterocycles. The van der Waals surface area contributed by atoms with E-state index in [1.54, 1.807) is 0 Å². The third kappa shape index (κ3) is 1.30. The molecule has 0 spiro atoms. The largest absolute Gasteiger partial charge is 0.477 e. The number of hydrogen-bond acceptors (Lipinski definition) is 3. The summed E-state index contributed by atoms with van der Waals surface area (Å²) in [5, 5.41) is 9.19. The number of aliphatic carboxylic acids is 1. The molecule has 2 heterocycles. The molecule has 16 heavy (non-hydrogen) atoms. The van der Waals surface area contributed by atoms with Crippen molar-refractivity contribution in [1.82, 2.24) is 4.90 Å². The fourth-order valence-corrected chi connectivity index (χ4v) is 3.66. The van der Waals surface area contributed by atoms with Crippen LogP contribution in [0.15, 0.2) is 10.6 Å². The van der Waals surface area contributed by atoms with Crippen LogP contribution >= 0.6 is 11.8 Å². The lowest BCUT2D eigenvalue weighted by molar-refractivity contribution is -0.155. The summed E-state index contributed by atoms with van der Waals surface area (Å²) in [5.74, 6) is -0.0888. The minimum Gasteiger partial charge on any atom is -0.477 e. The Hall–Kier alpha value is -0.970. The molecule has 0 aliphatic carbocycles. The molecule has 0 radical (unpaired) electrons. The molecular weight excluding hydrogens is 226 g/mol. The SMILES string of the molecule is CCSC1=C(C(=O)O)N2C(=O)C(C)C2C1C. The van der Waals surface area contributed by atoms with E-state index in [9.17, 15) is 14.7 Å². The van der Waals surface area contributed by atoms with Gasteiger partial charge in [-0.05, 0) is 5.75 Å². The molecular formula is C11H15NO3S. The van der Waals surface area contributed by atoms with E-state index in [1.165, 1.54) is 16.7 Å². The van der Waals surface area contributed by atoms with Crippen LogP contribution in [0.1, 0.15) is 20.8 Å². The van der Waals surface area contributed by atoms with Crippen molar-refractivity contribution in [3.8, 4) is 0 Å². The highest BCUT2D eigenvalue weighted by Gasteiger charge is 2.56. The van der Waals surface area contributed by atoms with Crippen molar-refractivity contribution in [2.45, 2.75) is 26.8 Å². The first-order valence-corrected chi connectivity index (χ1v) is 6.42. The Morgan fingerprint density at radius 3 is 2.56 bits per heavy atom. The number of carboxylic acid groups (broad SMARTS) is 1. The zero-order chi connectivity index (χ0) is 12.0. The zero-order valence-corrected chi connectivity index (χ0v) is 10.4.